The number of rotatable bonds is 13. The molecule has 1 N–H and O–H groups in total. The van der Waals surface area contributed by atoms with Crippen LogP contribution in [0.25, 0.3) is 0 Å². The maximum Gasteiger partial charge on any atom is 0.232 e. The van der Waals surface area contributed by atoms with Gasteiger partial charge in [0.15, 0.2) is 0 Å². The molecule has 0 aromatic heterocycles. The number of nitrogens with zero attached hydrogens (tertiary/aromatic N) is 2. The van der Waals surface area contributed by atoms with Gasteiger partial charge < -0.3 is 15.0 Å². The zero-order valence-corrected chi connectivity index (χ0v) is 19.4. The third kappa shape index (κ3) is 8.13. The zero-order chi connectivity index (χ0) is 22.7. The van der Waals surface area contributed by atoms with E-state index in [9.17, 15) is 13.2 Å². The summed E-state index contributed by atoms with van der Waals surface area (Å²) in [7, 11) is -1.47. The topological polar surface area (TPSA) is 79.0 Å². The number of hydrogen-bond acceptors (Lipinski definition) is 5. The molecule has 7 nitrogen and oxygen atoms in total. The van der Waals surface area contributed by atoms with Crippen molar-refractivity contribution in [3.63, 3.8) is 0 Å². The third-order valence-electron chi connectivity index (χ3n) is 4.79. The van der Waals surface area contributed by atoms with Crippen molar-refractivity contribution in [1.82, 2.24) is 5.32 Å². The van der Waals surface area contributed by atoms with Crippen LogP contribution in [0, 0.1) is 0 Å². The van der Waals surface area contributed by atoms with Crippen molar-refractivity contribution in [2.45, 2.75) is 26.2 Å². The molecule has 2 aromatic carbocycles. The van der Waals surface area contributed by atoms with Gasteiger partial charge in [-0.15, -0.1) is 0 Å². The maximum atomic E-state index is 12.3. The maximum absolute atomic E-state index is 12.3. The van der Waals surface area contributed by atoms with Gasteiger partial charge in [-0.25, -0.2) is 8.42 Å². The van der Waals surface area contributed by atoms with Gasteiger partial charge >= 0.3 is 0 Å². The second-order valence-electron chi connectivity index (χ2n) is 7.30. The highest BCUT2D eigenvalue weighted by Crippen LogP contribution is 2.30. The van der Waals surface area contributed by atoms with Gasteiger partial charge in [0, 0.05) is 38.8 Å². The predicted octanol–water partition coefficient (Wildman–Crippen LogP) is 3.27. The molecule has 0 spiro atoms. The number of carbonyl (C=O) groups is 1. The van der Waals surface area contributed by atoms with Gasteiger partial charge in [-0.3, -0.25) is 9.10 Å². The van der Waals surface area contributed by atoms with E-state index in [1.54, 1.807) is 24.3 Å². The second-order valence-corrected chi connectivity index (χ2v) is 9.21. The quantitative estimate of drug-likeness (QED) is 0.477. The number of carbonyl (C=O) groups excluding carboxylic acids is 1. The van der Waals surface area contributed by atoms with Crippen molar-refractivity contribution in [2.24, 2.45) is 0 Å². The van der Waals surface area contributed by atoms with Crippen LogP contribution in [0.15, 0.2) is 54.6 Å². The number of benzene rings is 2. The first-order valence-corrected chi connectivity index (χ1v) is 12.4. The Bertz CT molecular complexity index is 919. The van der Waals surface area contributed by atoms with Gasteiger partial charge in [0.25, 0.3) is 0 Å². The molecular formula is C23H33N3O4S. The molecule has 0 aliphatic heterocycles. The van der Waals surface area contributed by atoms with E-state index >= 15 is 0 Å². The lowest BCUT2D eigenvalue weighted by molar-refractivity contribution is -0.121. The normalized spacial score (nSPS) is 11.1. The standard InChI is InChI=1S/C23H33N3O4S/c1-4-30-22-15-9-8-14-21(22)26(31(3,28)29)19-10-16-23(27)24-17-11-18-25(2)20-12-6-5-7-13-20/h5-9,12-15H,4,10-11,16-19H2,1-3H3,(H,24,27). The summed E-state index contributed by atoms with van der Waals surface area (Å²) in [5.74, 6) is 0.441. The predicted molar refractivity (Wildman–Crippen MR) is 126 cm³/mol. The molecule has 0 heterocycles. The first kappa shape index (κ1) is 24.5. The van der Waals surface area contributed by atoms with Crippen LogP contribution in [0.1, 0.15) is 26.2 Å². The van der Waals surface area contributed by atoms with E-state index in [0.29, 0.717) is 31.0 Å². The van der Waals surface area contributed by atoms with Crippen molar-refractivity contribution in [3.05, 3.63) is 54.6 Å². The van der Waals surface area contributed by atoms with Crippen LogP contribution in [0.3, 0.4) is 0 Å². The summed E-state index contributed by atoms with van der Waals surface area (Å²) in [5.41, 5.74) is 1.64. The lowest BCUT2D eigenvalue weighted by Crippen LogP contribution is -2.33. The molecule has 170 valence electrons. The van der Waals surface area contributed by atoms with Crippen molar-refractivity contribution in [1.29, 1.82) is 0 Å². The average Bonchev–Trinajstić information content (AvgIpc) is 2.75. The Morgan fingerprint density at radius 1 is 1.00 bits per heavy atom. The van der Waals surface area contributed by atoms with Crippen molar-refractivity contribution in [2.75, 3.05) is 48.7 Å². The monoisotopic (exact) mass is 447 g/mol. The first-order chi connectivity index (χ1) is 14.8. The molecule has 0 saturated carbocycles. The Kier molecular flexibility index (Phi) is 9.65. The van der Waals surface area contributed by atoms with E-state index < -0.39 is 10.0 Å². The highest BCUT2D eigenvalue weighted by atomic mass is 32.2. The summed E-state index contributed by atoms with van der Waals surface area (Å²) in [5, 5.41) is 2.92. The molecular weight excluding hydrogens is 414 g/mol. The first-order valence-electron chi connectivity index (χ1n) is 10.6. The zero-order valence-electron chi connectivity index (χ0n) is 18.6. The van der Waals surface area contributed by atoms with E-state index in [1.807, 2.05) is 32.2 Å². The van der Waals surface area contributed by atoms with Gasteiger partial charge in [0.05, 0.1) is 18.6 Å². The fraction of sp³-hybridized carbons (Fsp3) is 0.435. The smallest absolute Gasteiger partial charge is 0.232 e. The van der Waals surface area contributed by atoms with E-state index in [2.05, 4.69) is 22.3 Å². The second kappa shape index (κ2) is 12.2. The van der Waals surface area contributed by atoms with Crippen molar-refractivity contribution in [3.8, 4) is 5.75 Å². The Morgan fingerprint density at radius 2 is 1.68 bits per heavy atom. The molecule has 31 heavy (non-hydrogen) atoms. The number of sulfonamides is 1. The van der Waals surface area contributed by atoms with Crippen LogP contribution in [0.5, 0.6) is 5.75 Å². The highest BCUT2D eigenvalue weighted by Gasteiger charge is 2.21. The van der Waals surface area contributed by atoms with E-state index in [1.165, 1.54) is 10.6 Å². The summed E-state index contributed by atoms with van der Waals surface area (Å²) in [6.07, 6.45) is 2.67. The Morgan fingerprint density at radius 3 is 2.35 bits per heavy atom. The molecule has 0 unspecified atom stereocenters. The Hall–Kier alpha value is -2.74. The van der Waals surface area contributed by atoms with Gasteiger partial charge in [0.1, 0.15) is 5.75 Å². The lowest BCUT2D eigenvalue weighted by atomic mass is 10.2. The number of amides is 1. The largest absolute Gasteiger partial charge is 0.492 e. The fourth-order valence-electron chi connectivity index (χ4n) is 3.23. The SMILES string of the molecule is CCOc1ccccc1N(CCCC(=O)NCCCN(C)c1ccccc1)S(C)(=O)=O. The Balaban J connectivity index is 1.79. The fourth-order valence-corrected chi connectivity index (χ4v) is 4.20. The molecule has 0 radical (unpaired) electrons. The number of ether oxygens (including phenoxy) is 1. The molecule has 0 aliphatic carbocycles. The number of anilines is 2. The lowest BCUT2D eigenvalue weighted by Gasteiger charge is -2.24. The molecule has 0 bridgehead atoms. The molecule has 2 aromatic rings. The van der Waals surface area contributed by atoms with Crippen LogP contribution in [-0.2, 0) is 14.8 Å². The van der Waals surface area contributed by atoms with Crippen LogP contribution in [0.4, 0.5) is 11.4 Å². The molecule has 2 rings (SSSR count). The molecule has 0 atom stereocenters. The van der Waals surface area contributed by atoms with E-state index in [0.717, 1.165) is 18.7 Å². The summed E-state index contributed by atoms with van der Waals surface area (Å²) >= 11 is 0. The van der Waals surface area contributed by atoms with Gasteiger partial charge in [0.2, 0.25) is 15.9 Å². The molecule has 0 aliphatic rings. The minimum absolute atomic E-state index is 0.0751. The number of nitrogens with one attached hydrogen (secondary N) is 1. The van der Waals surface area contributed by atoms with Crippen LogP contribution in [-0.4, -0.2) is 53.9 Å². The van der Waals surface area contributed by atoms with Gasteiger partial charge in [-0.2, -0.15) is 0 Å². The van der Waals surface area contributed by atoms with Gasteiger partial charge in [-0.05, 0) is 44.0 Å². The van der Waals surface area contributed by atoms with Crippen LogP contribution in [0.2, 0.25) is 0 Å². The Labute approximate surface area is 186 Å². The molecule has 8 heteroatoms. The minimum atomic E-state index is -3.50. The van der Waals surface area contributed by atoms with Crippen LogP contribution < -0.4 is 19.3 Å². The summed E-state index contributed by atoms with van der Waals surface area (Å²) < 4.78 is 31.5. The summed E-state index contributed by atoms with van der Waals surface area (Å²) in [4.78, 5) is 14.3. The molecule has 0 saturated heterocycles. The van der Waals surface area contributed by atoms with Crippen molar-refractivity contribution < 1.29 is 17.9 Å². The summed E-state index contributed by atoms with van der Waals surface area (Å²) in [6.45, 7) is 3.92. The summed E-state index contributed by atoms with van der Waals surface area (Å²) in [6, 6.07) is 17.1. The number of hydrogen-bond donors (Lipinski definition) is 1. The van der Waals surface area contributed by atoms with Gasteiger partial charge in [-0.1, -0.05) is 30.3 Å². The number of para-hydroxylation sites is 3. The average molecular weight is 448 g/mol. The molecule has 1 amide bonds. The van der Waals surface area contributed by atoms with Crippen molar-refractivity contribution >= 4 is 27.3 Å². The minimum Gasteiger partial charge on any atom is -0.492 e. The molecule has 0 fully saturated rings. The third-order valence-corrected chi connectivity index (χ3v) is 5.97. The highest BCUT2D eigenvalue weighted by molar-refractivity contribution is 7.92. The van der Waals surface area contributed by atoms with Crippen LogP contribution >= 0.6 is 0 Å². The van der Waals surface area contributed by atoms with E-state index in [-0.39, 0.29) is 18.9 Å². The van der Waals surface area contributed by atoms with E-state index in [4.69, 9.17) is 4.74 Å².